The van der Waals surface area contributed by atoms with Crippen molar-refractivity contribution in [2.75, 3.05) is 12.0 Å². The van der Waals surface area contributed by atoms with Crippen LogP contribution in [0.2, 0.25) is 0 Å². The van der Waals surface area contributed by atoms with Gasteiger partial charge in [-0.2, -0.15) is 0 Å². The van der Waals surface area contributed by atoms with Crippen LogP contribution in [0.15, 0.2) is 67.1 Å². The highest BCUT2D eigenvalue weighted by Gasteiger charge is 2.41. The number of aromatic nitrogens is 2. The summed E-state index contributed by atoms with van der Waals surface area (Å²) in [6.07, 6.45) is 11.5. The van der Waals surface area contributed by atoms with E-state index in [4.69, 9.17) is 17.0 Å². The van der Waals surface area contributed by atoms with Crippen LogP contribution in [0.4, 0.5) is 5.69 Å². The number of benzene rings is 1. The predicted octanol–water partition coefficient (Wildman–Crippen LogP) is 5.18. The van der Waals surface area contributed by atoms with E-state index < -0.39 is 0 Å². The molecule has 5 nitrogen and oxygen atoms in total. The summed E-state index contributed by atoms with van der Waals surface area (Å²) in [5.74, 6) is 0.818. The van der Waals surface area contributed by atoms with Crippen LogP contribution >= 0.6 is 12.2 Å². The topological polar surface area (TPSA) is 42.3 Å². The van der Waals surface area contributed by atoms with Crippen molar-refractivity contribution >= 4 is 23.0 Å². The van der Waals surface area contributed by atoms with Gasteiger partial charge in [-0.3, -0.25) is 4.98 Å². The molecule has 3 aromatic rings. The van der Waals surface area contributed by atoms with Crippen LogP contribution in [-0.4, -0.2) is 21.8 Å². The number of nitrogens with one attached hydrogen (secondary N) is 1. The molecule has 0 spiro atoms. The Bertz CT molecular complexity index is 1030. The first kappa shape index (κ1) is 19.1. The van der Waals surface area contributed by atoms with Gasteiger partial charge in [0.05, 0.1) is 24.9 Å². The van der Waals surface area contributed by atoms with E-state index >= 15 is 0 Å². The summed E-state index contributed by atoms with van der Waals surface area (Å²) in [5, 5.41) is 4.23. The lowest BCUT2D eigenvalue weighted by Crippen LogP contribution is -2.29. The van der Waals surface area contributed by atoms with Crippen molar-refractivity contribution in [3.8, 4) is 5.75 Å². The summed E-state index contributed by atoms with van der Waals surface area (Å²) in [6.45, 7) is 0. The van der Waals surface area contributed by atoms with Crippen LogP contribution < -0.4 is 15.0 Å². The van der Waals surface area contributed by atoms with Crippen LogP contribution in [0.1, 0.15) is 55.1 Å². The number of hydrogen-bond donors (Lipinski definition) is 1. The zero-order valence-electron chi connectivity index (χ0n) is 17.1. The fourth-order valence-corrected chi connectivity index (χ4v) is 5.11. The van der Waals surface area contributed by atoms with Crippen molar-refractivity contribution in [2.24, 2.45) is 0 Å². The molecule has 1 aromatic carbocycles. The summed E-state index contributed by atoms with van der Waals surface area (Å²) in [6, 6.07) is 17.0. The molecule has 1 saturated heterocycles. The van der Waals surface area contributed by atoms with Crippen molar-refractivity contribution < 1.29 is 4.74 Å². The summed E-state index contributed by atoms with van der Waals surface area (Å²) in [4.78, 5) is 6.84. The smallest absolute Gasteiger partial charge is 0.174 e. The third-order valence-corrected chi connectivity index (χ3v) is 6.57. The van der Waals surface area contributed by atoms with Crippen LogP contribution in [0.5, 0.6) is 5.75 Å². The first-order chi connectivity index (χ1) is 14.7. The molecule has 0 bridgehead atoms. The standard InChI is InChI=1S/C24H26N4OS/c1-29-20-10-6-9-19(15-20)28-23(17-12-14-27(16-17)18-7-2-3-8-18)22(26-24(28)30)21-11-4-5-13-25-21/h4-6,9-16,18,22-23H,2-3,7-8H2,1H3,(H,26,30)/t22-,23+/m0/s1. The Morgan fingerprint density at radius 1 is 1.10 bits per heavy atom. The second-order valence-electron chi connectivity index (χ2n) is 8.03. The van der Waals surface area contributed by atoms with E-state index in [1.165, 1.54) is 31.2 Å². The van der Waals surface area contributed by atoms with Gasteiger partial charge >= 0.3 is 0 Å². The normalized spacial score (nSPS) is 21.8. The van der Waals surface area contributed by atoms with Gasteiger partial charge in [0.2, 0.25) is 0 Å². The summed E-state index contributed by atoms with van der Waals surface area (Å²) >= 11 is 5.81. The number of thiocarbonyl (C=S) groups is 1. The van der Waals surface area contributed by atoms with E-state index in [0.29, 0.717) is 11.2 Å². The summed E-state index contributed by atoms with van der Waals surface area (Å²) in [5.41, 5.74) is 3.25. The van der Waals surface area contributed by atoms with Crippen molar-refractivity contribution in [2.45, 2.75) is 43.8 Å². The van der Waals surface area contributed by atoms with Crippen molar-refractivity contribution in [1.29, 1.82) is 0 Å². The minimum atomic E-state index is -0.0238. The molecule has 0 unspecified atom stereocenters. The zero-order valence-corrected chi connectivity index (χ0v) is 17.9. The van der Waals surface area contributed by atoms with Gasteiger partial charge in [0, 0.05) is 36.4 Å². The van der Waals surface area contributed by atoms with Crippen LogP contribution in [0, 0.1) is 0 Å². The number of hydrogen-bond acceptors (Lipinski definition) is 3. The largest absolute Gasteiger partial charge is 0.497 e. The second kappa shape index (κ2) is 8.11. The quantitative estimate of drug-likeness (QED) is 0.578. The molecule has 1 N–H and O–H groups in total. The average molecular weight is 419 g/mol. The zero-order chi connectivity index (χ0) is 20.5. The van der Waals surface area contributed by atoms with Gasteiger partial charge in [-0.15, -0.1) is 0 Å². The monoisotopic (exact) mass is 418 g/mol. The van der Waals surface area contributed by atoms with E-state index in [1.54, 1.807) is 7.11 Å². The van der Waals surface area contributed by atoms with Crippen LogP contribution in [0.3, 0.4) is 0 Å². The van der Waals surface area contributed by atoms with Crippen LogP contribution in [-0.2, 0) is 0 Å². The third-order valence-electron chi connectivity index (χ3n) is 6.25. The molecule has 6 heteroatoms. The third kappa shape index (κ3) is 3.45. The van der Waals surface area contributed by atoms with E-state index in [-0.39, 0.29) is 12.1 Å². The van der Waals surface area contributed by atoms with Crippen molar-refractivity contribution in [3.05, 3.63) is 78.4 Å². The molecule has 0 amide bonds. The highest BCUT2D eigenvalue weighted by atomic mass is 32.1. The number of ether oxygens (including phenoxy) is 1. The minimum Gasteiger partial charge on any atom is -0.497 e. The second-order valence-corrected chi connectivity index (χ2v) is 8.42. The molecule has 2 aliphatic rings. The van der Waals surface area contributed by atoms with Gasteiger partial charge in [-0.1, -0.05) is 25.0 Å². The van der Waals surface area contributed by atoms with Gasteiger partial charge in [-0.05, 0) is 61.0 Å². The highest BCUT2D eigenvalue weighted by Crippen LogP contribution is 2.43. The maximum Gasteiger partial charge on any atom is 0.174 e. The lowest BCUT2D eigenvalue weighted by molar-refractivity contribution is 0.415. The van der Waals surface area contributed by atoms with E-state index in [0.717, 1.165) is 17.1 Å². The number of nitrogens with zero attached hydrogens (tertiary/aromatic N) is 3. The highest BCUT2D eigenvalue weighted by molar-refractivity contribution is 7.80. The molecule has 0 radical (unpaired) electrons. The van der Waals surface area contributed by atoms with E-state index in [2.05, 4.69) is 50.4 Å². The fourth-order valence-electron chi connectivity index (χ4n) is 4.77. The molecule has 1 aliphatic carbocycles. The first-order valence-electron chi connectivity index (χ1n) is 10.6. The Balaban J connectivity index is 1.57. The van der Waals surface area contributed by atoms with Gasteiger partial charge in [0.15, 0.2) is 5.11 Å². The lowest BCUT2D eigenvalue weighted by atomic mass is 9.98. The van der Waals surface area contributed by atoms with Gasteiger partial charge in [0.1, 0.15) is 5.75 Å². The molecule has 1 aliphatic heterocycles. The Labute approximate surface area is 182 Å². The SMILES string of the molecule is COc1cccc(N2C(=S)N[C@@H](c3ccccn3)[C@H]2c2ccn(C3CCCC3)c2)c1. The number of methoxy groups -OCH3 is 1. The Morgan fingerprint density at radius 2 is 1.97 bits per heavy atom. The van der Waals surface area contributed by atoms with Gasteiger partial charge < -0.3 is 19.5 Å². The maximum absolute atomic E-state index is 5.81. The maximum atomic E-state index is 5.81. The van der Waals surface area contributed by atoms with Gasteiger partial charge in [-0.25, -0.2) is 0 Å². The van der Waals surface area contributed by atoms with Crippen molar-refractivity contribution in [1.82, 2.24) is 14.9 Å². The molecule has 2 atom stereocenters. The molecular formula is C24H26N4OS. The average Bonchev–Trinajstić information content (AvgIpc) is 3.53. The molecule has 154 valence electrons. The molecular weight excluding hydrogens is 392 g/mol. The lowest BCUT2D eigenvalue weighted by Gasteiger charge is -2.27. The molecule has 5 rings (SSSR count). The number of anilines is 1. The minimum absolute atomic E-state index is 0.0159. The summed E-state index contributed by atoms with van der Waals surface area (Å²) < 4.78 is 7.86. The molecule has 2 aromatic heterocycles. The Hall–Kier alpha value is -2.86. The van der Waals surface area contributed by atoms with Crippen LogP contribution in [0.25, 0.3) is 0 Å². The molecule has 1 saturated carbocycles. The fraction of sp³-hybridized carbons (Fsp3) is 0.333. The first-order valence-corrected chi connectivity index (χ1v) is 11.0. The van der Waals surface area contributed by atoms with Gasteiger partial charge in [0.25, 0.3) is 0 Å². The molecule has 2 fully saturated rings. The Kier molecular flexibility index (Phi) is 5.17. The number of pyridine rings is 1. The predicted molar refractivity (Wildman–Crippen MR) is 123 cm³/mol. The summed E-state index contributed by atoms with van der Waals surface area (Å²) in [7, 11) is 1.69. The molecule has 30 heavy (non-hydrogen) atoms. The van der Waals surface area contributed by atoms with E-state index in [9.17, 15) is 0 Å². The van der Waals surface area contributed by atoms with Crippen molar-refractivity contribution in [3.63, 3.8) is 0 Å². The van der Waals surface area contributed by atoms with E-state index in [1.807, 2.05) is 36.5 Å². The molecule has 3 heterocycles. The number of rotatable bonds is 5. The Morgan fingerprint density at radius 3 is 2.73 bits per heavy atom.